The van der Waals surface area contributed by atoms with Gasteiger partial charge in [-0.3, -0.25) is 9.59 Å². The van der Waals surface area contributed by atoms with Gasteiger partial charge in [0.15, 0.2) is 0 Å². The van der Waals surface area contributed by atoms with Crippen LogP contribution >= 0.6 is 12.4 Å². The molecule has 1 heterocycles. The Morgan fingerprint density at radius 3 is 2.44 bits per heavy atom. The number of amides is 2. The number of rotatable bonds is 6. The van der Waals surface area contributed by atoms with Gasteiger partial charge >= 0.3 is 0 Å². The number of piperidine rings is 1. The van der Waals surface area contributed by atoms with E-state index in [0.29, 0.717) is 32.5 Å². The minimum absolute atomic E-state index is 0. The summed E-state index contributed by atoms with van der Waals surface area (Å²) in [6.07, 6.45) is 3.94. The van der Waals surface area contributed by atoms with Crippen LogP contribution in [0.25, 0.3) is 0 Å². The molecule has 0 radical (unpaired) electrons. The summed E-state index contributed by atoms with van der Waals surface area (Å²) in [4.78, 5) is 25.9. The van der Waals surface area contributed by atoms with E-state index < -0.39 is 5.82 Å². The van der Waals surface area contributed by atoms with Crippen molar-refractivity contribution in [3.63, 3.8) is 0 Å². The highest BCUT2D eigenvalue weighted by Crippen LogP contribution is 2.27. The van der Waals surface area contributed by atoms with Crippen molar-refractivity contribution in [1.29, 1.82) is 0 Å². The van der Waals surface area contributed by atoms with Gasteiger partial charge in [0.2, 0.25) is 5.91 Å². The molecule has 1 aliphatic heterocycles. The SMILES string of the molecule is Cl.O=C(CNCC1CC1)NC1CCN(C(=O)c2ccccc2F)CC1. The number of nitrogens with zero attached hydrogens (tertiary/aromatic N) is 1. The van der Waals surface area contributed by atoms with Gasteiger partial charge in [-0.15, -0.1) is 12.4 Å². The predicted octanol–water partition coefficient (Wildman–Crippen LogP) is 1.97. The number of nitrogens with one attached hydrogen (secondary N) is 2. The molecule has 3 rings (SSSR count). The van der Waals surface area contributed by atoms with Crippen LogP contribution in [0.5, 0.6) is 0 Å². The van der Waals surface area contributed by atoms with E-state index in [1.807, 2.05) is 0 Å². The second-order valence-electron chi connectivity index (χ2n) is 6.69. The third kappa shape index (κ3) is 5.68. The van der Waals surface area contributed by atoms with Gasteiger partial charge < -0.3 is 15.5 Å². The van der Waals surface area contributed by atoms with Gasteiger partial charge in [-0.1, -0.05) is 12.1 Å². The van der Waals surface area contributed by atoms with Gasteiger partial charge in [-0.05, 0) is 50.3 Å². The summed E-state index contributed by atoms with van der Waals surface area (Å²) < 4.78 is 13.7. The Balaban J connectivity index is 0.00000225. The van der Waals surface area contributed by atoms with E-state index in [9.17, 15) is 14.0 Å². The lowest BCUT2D eigenvalue weighted by Crippen LogP contribution is -2.48. The molecule has 0 aromatic heterocycles. The highest BCUT2D eigenvalue weighted by Gasteiger charge is 2.26. The van der Waals surface area contributed by atoms with Crippen molar-refractivity contribution in [2.24, 2.45) is 5.92 Å². The molecule has 1 aromatic rings. The fourth-order valence-electron chi connectivity index (χ4n) is 3.02. The standard InChI is InChI=1S/C18H24FN3O2.ClH/c19-16-4-2-1-3-15(16)18(24)22-9-7-14(8-10-22)21-17(23)12-20-11-13-5-6-13;/h1-4,13-14,20H,5-12H2,(H,21,23);1H. The predicted molar refractivity (Wildman–Crippen MR) is 96.3 cm³/mol. The maximum Gasteiger partial charge on any atom is 0.256 e. The maximum absolute atomic E-state index is 13.7. The smallest absolute Gasteiger partial charge is 0.256 e. The van der Waals surface area contributed by atoms with Crippen LogP contribution in [-0.2, 0) is 4.79 Å². The first-order valence-electron chi connectivity index (χ1n) is 8.67. The van der Waals surface area contributed by atoms with E-state index in [1.165, 1.54) is 25.0 Å². The molecule has 1 aliphatic carbocycles. The average molecular weight is 370 g/mol. The zero-order valence-corrected chi connectivity index (χ0v) is 15.0. The zero-order chi connectivity index (χ0) is 16.9. The number of hydrogen-bond donors (Lipinski definition) is 2. The lowest BCUT2D eigenvalue weighted by atomic mass is 10.0. The molecule has 1 aromatic carbocycles. The fourth-order valence-corrected chi connectivity index (χ4v) is 3.02. The third-order valence-corrected chi connectivity index (χ3v) is 4.67. The van der Waals surface area contributed by atoms with Gasteiger partial charge in [0, 0.05) is 19.1 Å². The van der Waals surface area contributed by atoms with Crippen molar-refractivity contribution < 1.29 is 14.0 Å². The lowest BCUT2D eigenvalue weighted by Gasteiger charge is -2.32. The summed E-state index contributed by atoms with van der Waals surface area (Å²) in [6.45, 7) is 2.34. The van der Waals surface area contributed by atoms with E-state index in [4.69, 9.17) is 0 Å². The maximum atomic E-state index is 13.7. The summed E-state index contributed by atoms with van der Waals surface area (Å²) in [5.41, 5.74) is 0.115. The minimum Gasteiger partial charge on any atom is -0.352 e. The van der Waals surface area contributed by atoms with Crippen molar-refractivity contribution in [2.75, 3.05) is 26.2 Å². The number of hydrogen-bond acceptors (Lipinski definition) is 3. The number of carbonyl (C=O) groups is 2. The Bertz CT molecular complexity index is 602. The van der Waals surface area contributed by atoms with Crippen LogP contribution in [0.2, 0.25) is 0 Å². The van der Waals surface area contributed by atoms with E-state index in [0.717, 1.165) is 12.5 Å². The molecule has 7 heteroatoms. The molecule has 5 nitrogen and oxygen atoms in total. The van der Waals surface area contributed by atoms with E-state index >= 15 is 0 Å². The Hall–Kier alpha value is -1.66. The summed E-state index contributed by atoms with van der Waals surface area (Å²) >= 11 is 0. The third-order valence-electron chi connectivity index (χ3n) is 4.67. The summed E-state index contributed by atoms with van der Waals surface area (Å²) in [6, 6.07) is 6.14. The van der Waals surface area contributed by atoms with Crippen LogP contribution in [0.1, 0.15) is 36.0 Å². The molecule has 1 saturated carbocycles. The highest BCUT2D eigenvalue weighted by molar-refractivity contribution is 5.94. The molecular weight excluding hydrogens is 345 g/mol. The number of likely N-dealkylation sites (tertiary alicyclic amines) is 1. The van der Waals surface area contributed by atoms with Gasteiger partial charge in [-0.25, -0.2) is 4.39 Å². The molecule has 0 atom stereocenters. The number of halogens is 2. The first kappa shape index (κ1) is 19.7. The van der Waals surface area contributed by atoms with Crippen molar-refractivity contribution in [2.45, 2.75) is 31.7 Å². The quantitative estimate of drug-likeness (QED) is 0.806. The summed E-state index contributed by atoms with van der Waals surface area (Å²) in [5.74, 6) is 0.00334. The Labute approximate surface area is 153 Å². The lowest BCUT2D eigenvalue weighted by molar-refractivity contribution is -0.121. The van der Waals surface area contributed by atoms with Crippen LogP contribution in [-0.4, -0.2) is 48.9 Å². The molecule has 0 spiro atoms. The van der Waals surface area contributed by atoms with Gasteiger partial charge in [-0.2, -0.15) is 0 Å². The Kier molecular flexibility index (Phi) is 7.20. The first-order chi connectivity index (χ1) is 11.6. The van der Waals surface area contributed by atoms with Crippen LogP contribution in [0.4, 0.5) is 4.39 Å². The van der Waals surface area contributed by atoms with Gasteiger partial charge in [0.25, 0.3) is 5.91 Å². The van der Waals surface area contributed by atoms with Crippen molar-refractivity contribution in [1.82, 2.24) is 15.5 Å². The highest BCUT2D eigenvalue weighted by atomic mass is 35.5. The normalized spacial score (nSPS) is 17.7. The molecular formula is C18H25ClFN3O2. The van der Waals surface area contributed by atoms with Crippen molar-refractivity contribution in [3.8, 4) is 0 Å². The van der Waals surface area contributed by atoms with Crippen LogP contribution in [0.3, 0.4) is 0 Å². The second-order valence-corrected chi connectivity index (χ2v) is 6.69. The summed E-state index contributed by atoms with van der Waals surface area (Å²) in [5, 5.41) is 6.18. The number of benzene rings is 1. The van der Waals surface area contributed by atoms with Crippen LogP contribution in [0.15, 0.2) is 24.3 Å². The van der Waals surface area contributed by atoms with Gasteiger partial charge in [0.1, 0.15) is 5.82 Å². The van der Waals surface area contributed by atoms with Crippen molar-refractivity contribution in [3.05, 3.63) is 35.6 Å². The number of carbonyl (C=O) groups excluding carboxylic acids is 2. The molecule has 2 aliphatic rings. The Morgan fingerprint density at radius 2 is 1.80 bits per heavy atom. The van der Waals surface area contributed by atoms with Crippen LogP contribution in [0, 0.1) is 11.7 Å². The molecule has 2 N–H and O–H groups in total. The molecule has 25 heavy (non-hydrogen) atoms. The monoisotopic (exact) mass is 369 g/mol. The first-order valence-corrected chi connectivity index (χ1v) is 8.67. The zero-order valence-electron chi connectivity index (χ0n) is 14.2. The van der Waals surface area contributed by atoms with E-state index in [-0.39, 0.29) is 35.8 Å². The molecule has 138 valence electrons. The summed E-state index contributed by atoms with van der Waals surface area (Å²) in [7, 11) is 0. The van der Waals surface area contributed by atoms with Crippen molar-refractivity contribution >= 4 is 24.2 Å². The average Bonchev–Trinajstić information content (AvgIpc) is 3.40. The van der Waals surface area contributed by atoms with E-state index in [1.54, 1.807) is 17.0 Å². The molecule has 1 saturated heterocycles. The largest absolute Gasteiger partial charge is 0.352 e. The minimum atomic E-state index is -0.486. The molecule has 0 unspecified atom stereocenters. The fraction of sp³-hybridized carbons (Fsp3) is 0.556. The molecule has 0 bridgehead atoms. The Morgan fingerprint density at radius 1 is 1.12 bits per heavy atom. The van der Waals surface area contributed by atoms with Crippen LogP contribution < -0.4 is 10.6 Å². The van der Waals surface area contributed by atoms with E-state index in [2.05, 4.69) is 10.6 Å². The topological polar surface area (TPSA) is 61.4 Å². The van der Waals surface area contributed by atoms with Gasteiger partial charge in [0.05, 0.1) is 12.1 Å². The molecule has 2 fully saturated rings. The second kappa shape index (κ2) is 9.15. The molecule has 2 amide bonds.